The van der Waals surface area contributed by atoms with Gasteiger partial charge in [-0.15, -0.1) is 0 Å². The summed E-state index contributed by atoms with van der Waals surface area (Å²) in [7, 11) is 0. The fourth-order valence-electron chi connectivity index (χ4n) is 0.483. The number of allylic oxidation sites excluding steroid dienone is 4. The number of alkyl halides is 1. The highest BCUT2D eigenvalue weighted by Gasteiger charge is 1.83. The van der Waals surface area contributed by atoms with Crippen LogP contribution in [0.25, 0.3) is 0 Å². The van der Waals surface area contributed by atoms with Crippen LogP contribution in [0.1, 0.15) is 6.92 Å². The molecule has 0 amide bonds. The molecule has 0 saturated heterocycles. The molecule has 0 atom stereocenters. The maximum absolute atomic E-state index is 3.66. The van der Waals surface area contributed by atoms with Gasteiger partial charge in [-0.3, -0.25) is 0 Å². The minimum absolute atomic E-state index is 0.858. The summed E-state index contributed by atoms with van der Waals surface area (Å²) in [5, 5.41) is 0.858. The van der Waals surface area contributed by atoms with Gasteiger partial charge in [0.1, 0.15) is 0 Å². The first-order chi connectivity index (χ1) is 4.85. The highest BCUT2D eigenvalue weighted by atomic mass is 79.9. The SMILES string of the molecule is C/C=C\C(=C/C=NBr)CBr. The van der Waals surface area contributed by atoms with Gasteiger partial charge in [0.2, 0.25) is 0 Å². The highest BCUT2D eigenvalue weighted by molar-refractivity contribution is 9.09. The summed E-state index contributed by atoms with van der Waals surface area (Å²) in [5.41, 5.74) is 1.20. The monoisotopic (exact) mass is 265 g/mol. The Balaban J connectivity index is 4.04. The molecule has 0 aromatic heterocycles. The summed E-state index contributed by atoms with van der Waals surface area (Å²) in [5.74, 6) is 0. The summed E-state index contributed by atoms with van der Waals surface area (Å²) in [6.45, 7) is 1.99. The second-order valence-corrected chi connectivity index (χ2v) is 2.59. The Labute approximate surface area is 78.4 Å². The molecule has 0 N–H and O–H groups in total. The lowest BCUT2D eigenvalue weighted by molar-refractivity contribution is 1.55. The van der Waals surface area contributed by atoms with E-state index in [0.29, 0.717) is 0 Å². The van der Waals surface area contributed by atoms with Crippen LogP contribution in [0.15, 0.2) is 27.8 Å². The first-order valence-corrected chi connectivity index (χ1v) is 4.70. The van der Waals surface area contributed by atoms with E-state index in [0.717, 1.165) is 5.33 Å². The quantitative estimate of drug-likeness (QED) is 0.422. The minimum Gasteiger partial charge on any atom is -0.215 e. The zero-order valence-electron chi connectivity index (χ0n) is 5.72. The van der Waals surface area contributed by atoms with Crippen LogP contribution in [0.4, 0.5) is 0 Å². The van der Waals surface area contributed by atoms with E-state index in [2.05, 4.69) is 36.1 Å². The zero-order chi connectivity index (χ0) is 7.82. The Morgan fingerprint density at radius 3 is 2.70 bits per heavy atom. The van der Waals surface area contributed by atoms with Gasteiger partial charge in [0, 0.05) is 11.5 Å². The van der Waals surface area contributed by atoms with E-state index in [1.165, 1.54) is 5.57 Å². The van der Waals surface area contributed by atoms with Gasteiger partial charge in [0.05, 0.1) is 16.1 Å². The van der Waals surface area contributed by atoms with Crippen LogP contribution in [-0.2, 0) is 0 Å². The molecular weight excluding hydrogens is 258 g/mol. The molecule has 0 saturated carbocycles. The minimum atomic E-state index is 0.858. The van der Waals surface area contributed by atoms with E-state index in [-0.39, 0.29) is 0 Å². The van der Waals surface area contributed by atoms with Crippen LogP contribution in [0.3, 0.4) is 0 Å². The van der Waals surface area contributed by atoms with Gasteiger partial charge in [-0.1, -0.05) is 28.1 Å². The number of rotatable bonds is 3. The fourth-order valence-corrected chi connectivity index (χ4v) is 0.975. The normalized spacial score (nSPS) is 13.7. The topological polar surface area (TPSA) is 12.4 Å². The van der Waals surface area contributed by atoms with Gasteiger partial charge in [-0.05, 0) is 18.6 Å². The van der Waals surface area contributed by atoms with Gasteiger partial charge in [-0.25, -0.2) is 4.02 Å². The van der Waals surface area contributed by atoms with E-state index >= 15 is 0 Å². The van der Waals surface area contributed by atoms with Crippen molar-refractivity contribution in [3.8, 4) is 0 Å². The highest BCUT2D eigenvalue weighted by Crippen LogP contribution is 2.00. The second kappa shape index (κ2) is 7.22. The van der Waals surface area contributed by atoms with E-state index in [9.17, 15) is 0 Å². The molecule has 0 aliphatic rings. The van der Waals surface area contributed by atoms with Gasteiger partial charge < -0.3 is 0 Å². The molecule has 0 radical (unpaired) electrons. The van der Waals surface area contributed by atoms with Crippen LogP contribution in [0.5, 0.6) is 0 Å². The van der Waals surface area contributed by atoms with Crippen LogP contribution >= 0.6 is 32.1 Å². The lowest BCUT2D eigenvalue weighted by atomic mass is 10.3. The molecule has 0 spiro atoms. The second-order valence-electron chi connectivity index (χ2n) is 1.62. The summed E-state index contributed by atoms with van der Waals surface area (Å²) in [4.78, 5) is 0. The molecule has 0 bridgehead atoms. The van der Waals surface area contributed by atoms with Crippen LogP contribution in [0.2, 0.25) is 0 Å². The smallest absolute Gasteiger partial charge is 0.0733 e. The maximum atomic E-state index is 3.66. The first-order valence-electron chi connectivity index (χ1n) is 2.87. The zero-order valence-corrected chi connectivity index (χ0v) is 8.89. The number of halogens is 2. The predicted octanol–water partition coefficient (Wildman–Crippen LogP) is 3.26. The molecule has 3 heteroatoms. The van der Waals surface area contributed by atoms with Crippen molar-refractivity contribution in [1.82, 2.24) is 0 Å². The van der Waals surface area contributed by atoms with Gasteiger partial charge in [0.15, 0.2) is 0 Å². The Bertz CT molecular complexity index is 159. The van der Waals surface area contributed by atoms with Crippen molar-refractivity contribution in [2.75, 3.05) is 5.33 Å². The van der Waals surface area contributed by atoms with E-state index in [1.54, 1.807) is 6.21 Å². The summed E-state index contributed by atoms with van der Waals surface area (Å²) < 4.78 is 3.66. The Hall–Kier alpha value is 0.110. The molecule has 1 nitrogen and oxygen atoms in total. The Morgan fingerprint density at radius 1 is 1.60 bits per heavy atom. The van der Waals surface area contributed by atoms with E-state index in [4.69, 9.17) is 0 Å². The molecule has 0 unspecified atom stereocenters. The molecule has 0 aliphatic heterocycles. The van der Waals surface area contributed by atoms with Gasteiger partial charge >= 0.3 is 0 Å². The van der Waals surface area contributed by atoms with Crippen molar-refractivity contribution in [2.45, 2.75) is 6.92 Å². The average Bonchev–Trinajstić information content (AvgIpc) is 1.98. The van der Waals surface area contributed by atoms with Crippen LogP contribution < -0.4 is 0 Å². The van der Waals surface area contributed by atoms with Crippen molar-refractivity contribution in [2.24, 2.45) is 4.02 Å². The molecular formula is C7H9Br2N. The number of nitrogens with zero attached hydrogens (tertiary/aromatic N) is 1. The molecule has 0 aromatic carbocycles. The molecule has 0 aliphatic carbocycles. The van der Waals surface area contributed by atoms with Gasteiger partial charge in [-0.2, -0.15) is 0 Å². The van der Waals surface area contributed by atoms with Crippen molar-refractivity contribution in [3.05, 3.63) is 23.8 Å². The van der Waals surface area contributed by atoms with E-state index < -0.39 is 0 Å². The lowest BCUT2D eigenvalue weighted by Gasteiger charge is -1.89. The molecule has 0 rings (SSSR count). The summed E-state index contributed by atoms with van der Waals surface area (Å²) in [6, 6.07) is 0. The third-order valence-corrected chi connectivity index (χ3v) is 1.76. The lowest BCUT2D eigenvalue weighted by Crippen LogP contribution is -1.78. The molecule has 0 aromatic rings. The van der Waals surface area contributed by atoms with Crippen LogP contribution in [0, 0.1) is 0 Å². The molecule has 0 heterocycles. The van der Waals surface area contributed by atoms with E-state index in [1.807, 2.05) is 25.2 Å². The summed E-state index contributed by atoms with van der Waals surface area (Å²) in [6.07, 6.45) is 7.67. The third kappa shape index (κ3) is 4.94. The molecule has 10 heavy (non-hydrogen) atoms. The molecule has 56 valence electrons. The third-order valence-electron chi connectivity index (χ3n) is 0.880. The van der Waals surface area contributed by atoms with Gasteiger partial charge in [0.25, 0.3) is 0 Å². The number of hydrogen-bond donors (Lipinski definition) is 0. The Kier molecular flexibility index (Phi) is 7.30. The summed E-state index contributed by atoms with van der Waals surface area (Å²) >= 11 is 6.29. The van der Waals surface area contributed by atoms with Crippen molar-refractivity contribution in [1.29, 1.82) is 0 Å². The average molecular weight is 267 g/mol. The first kappa shape index (κ1) is 10.1. The van der Waals surface area contributed by atoms with Crippen LogP contribution in [-0.4, -0.2) is 11.5 Å². The maximum Gasteiger partial charge on any atom is 0.0733 e. The van der Waals surface area contributed by atoms with Crippen molar-refractivity contribution in [3.63, 3.8) is 0 Å². The van der Waals surface area contributed by atoms with Crippen molar-refractivity contribution >= 4 is 38.3 Å². The fraction of sp³-hybridized carbons (Fsp3) is 0.286. The number of hydrogen-bond acceptors (Lipinski definition) is 1. The largest absolute Gasteiger partial charge is 0.215 e. The Morgan fingerprint density at radius 2 is 2.30 bits per heavy atom. The predicted molar refractivity (Wildman–Crippen MR) is 54.1 cm³/mol. The molecule has 0 fully saturated rings. The standard InChI is InChI=1S/C7H9Br2N/c1-2-3-7(6-8)4-5-10-9/h2-5H,6H2,1H3/b3-2-,7-4+,10-5?. The van der Waals surface area contributed by atoms with Crippen molar-refractivity contribution < 1.29 is 0 Å².